The molecule has 9 nitrogen and oxygen atoms in total. The molecule has 0 aromatic carbocycles. The number of pyridine rings is 2. The van der Waals surface area contributed by atoms with E-state index in [1.807, 2.05) is 31.2 Å². The van der Waals surface area contributed by atoms with Gasteiger partial charge in [-0.3, -0.25) is 14.8 Å². The second-order valence-electron chi connectivity index (χ2n) is 8.87. The Bertz CT molecular complexity index is 1440. The third-order valence-corrected chi connectivity index (χ3v) is 5.71. The highest BCUT2D eigenvalue weighted by atomic mass is 19.1. The molecule has 1 atom stereocenters. The van der Waals surface area contributed by atoms with Gasteiger partial charge in [0.2, 0.25) is 0 Å². The summed E-state index contributed by atoms with van der Waals surface area (Å²) in [6, 6.07) is 12.9. The second-order valence-corrected chi connectivity index (χ2v) is 8.87. The highest BCUT2D eigenvalue weighted by Gasteiger charge is 2.27. The molecule has 4 aromatic heterocycles. The molecular weight excluding hydrogens is 461 g/mol. The molecule has 1 amide bonds. The lowest BCUT2D eigenvalue weighted by Gasteiger charge is -2.22. The van der Waals surface area contributed by atoms with Crippen LogP contribution in [0.5, 0.6) is 0 Å². The van der Waals surface area contributed by atoms with E-state index in [0.29, 0.717) is 28.3 Å². The Morgan fingerprint density at radius 2 is 2.00 bits per heavy atom. The molecule has 3 N–H and O–H groups in total. The van der Waals surface area contributed by atoms with Gasteiger partial charge in [0.1, 0.15) is 12.2 Å². The van der Waals surface area contributed by atoms with Crippen molar-refractivity contribution >= 4 is 22.8 Å². The van der Waals surface area contributed by atoms with Crippen LogP contribution in [0.1, 0.15) is 42.4 Å². The van der Waals surface area contributed by atoms with Crippen molar-refractivity contribution in [1.82, 2.24) is 24.9 Å². The molecular formula is C26H26FN7O2. The van der Waals surface area contributed by atoms with E-state index in [2.05, 4.69) is 31.8 Å². The van der Waals surface area contributed by atoms with Crippen molar-refractivity contribution in [2.45, 2.75) is 39.0 Å². The Morgan fingerprint density at radius 1 is 1.19 bits per heavy atom. The smallest absolute Gasteiger partial charge is 0.255 e. The predicted molar refractivity (Wildman–Crippen MR) is 134 cm³/mol. The van der Waals surface area contributed by atoms with E-state index in [1.54, 1.807) is 22.8 Å². The van der Waals surface area contributed by atoms with E-state index in [4.69, 9.17) is 5.26 Å². The molecule has 0 aliphatic carbocycles. The number of aromatic nitrogens is 4. The number of nitriles is 1. The summed E-state index contributed by atoms with van der Waals surface area (Å²) in [5.74, 6) is -0.543. The topological polar surface area (TPSA) is 128 Å². The van der Waals surface area contributed by atoms with Crippen molar-refractivity contribution in [3.8, 4) is 17.5 Å². The fraction of sp³-hybridized carbons (Fsp3) is 0.269. The van der Waals surface area contributed by atoms with Gasteiger partial charge in [0.15, 0.2) is 0 Å². The van der Waals surface area contributed by atoms with E-state index < -0.39 is 17.7 Å². The molecule has 0 unspecified atom stereocenters. The van der Waals surface area contributed by atoms with Crippen LogP contribution in [0.4, 0.5) is 15.8 Å². The molecule has 36 heavy (non-hydrogen) atoms. The van der Waals surface area contributed by atoms with E-state index in [-0.39, 0.29) is 12.1 Å². The summed E-state index contributed by atoms with van der Waals surface area (Å²) in [6.07, 6.45) is 3.69. The van der Waals surface area contributed by atoms with Gasteiger partial charge < -0.3 is 15.7 Å². The maximum atomic E-state index is 14.2. The number of fused-ring (bicyclic) bond motifs is 1. The number of rotatable bonds is 8. The highest BCUT2D eigenvalue weighted by Crippen LogP contribution is 2.27. The number of halogens is 1. The van der Waals surface area contributed by atoms with Crippen LogP contribution in [0.2, 0.25) is 0 Å². The molecule has 0 bridgehead atoms. The molecule has 4 aromatic rings. The summed E-state index contributed by atoms with van der Waals surface area (Å²) in [4.78, 5) is 21.8. The first-order chi connectivity index (χ1) is 17.2. The quantitative estimate of drug-likeness (QED) is 0.345. The predicted octanol–water partition coefficient (Wildman–Crippen LogP) is 3.81. The van der Waals surface area contributed by atoms with Gasteiger partial charge in [-0.25, -0.2) is 8.91 Å². The van der Waals surface area contributed by atoms with Gasteiger partial charge in [-0.15, -0.1) is 0 Å². The standard InChI is InChI=1S/C26H26FN7O2/c1-4-17-5-6-18(13-29-17)33-21-10-22(23-8-7-19-9-16(11-28)12-32-34(19)23)30-14-20(21)25(35)31-15-24(27)26(2,3)36/h5-10,12-14,24,36H,4,15H2,1-3H3,(H,30,33)(H,31,35)/t24-/m1/s1. The lowest BCUT2D eigenvalue weighted by atomic mass is 10.0. The lowest BCUT2D eigenvalue weighted by Crippen LogP contribution is -2.42. The monoisotopic (exact) mass is 487 g/mol. The Hall–Kier alpha value is -4.36. The zero-order chi connectivity index (χ0) is 25.9. The first kappa shape index (κ1) is 24.8. The third kappa shape index (κ3) is 5.31. The van der Waals surface area contributed by atoms with Gasteiger partial charge in [-0.05, 0) is 56.7 Å². The maximum Gasteiger partial charge on any atom is 0.255 e. The van der Waals surface area contributed by atoms with E-state index >= 15 is 0 Å². The summed E-state index contributed by atoms with van der Waals surface area (Å²) < 4.78 is 15.9. The van der Waals surface area contributed by atoms with Crippen LogP contribution in [0, 0.1) is 11.3 Å². The van der Waals surface area contributed by atoms with Gasteiger partial charge in [0, 0.05) is 11.9 Å². The number of aliphatic hydroxyl groups is 1. The highest BCUT2D eigenvalue weighted by molar-refractivity contribution is 6.00. The van der Waals surface area contributed by atoms with Gasteiger partial charge >= 0.3 is 0 Å². The number of nitrogens with one attached hydrogen (secondary N) is 2. The molecule has 0 saturated carbocycles. The summed E-state index contributed by atoms with van der Waals surface area (Å²) in [6.45, 7) is 4.34. The van der Waals surface area contributed by atoms with Crippen molar-refractivity contribution in [2.24, 2.45) is 0 Å². The molecule has 4 heterocycles. The fourth-order valence-electron chi connectivity index (χ4n) is 3.52. The first-order valence-corrected chi connectivity index (χ1v) is 11.4. The Morgan fingerprint density at radius 3 is 2.67 bits per heavy atom. The minimum Gasteiger partial charge on any atom is -0.387 e. The van der Waals surface area contributed by atoms with Crippen LogP contribution < -0.4 is 10.6 Å². The van der Waals surface area contributed by atoms with Crippen LogP contribution >= 0.6 is 0 Å². The molecule has 0 spiro atoms. The lowest BCUT2D eigenvalue weighted by molar-refractivity contribution is -0.00177. The molecule has 0 aliphatic rings. The summed E-state index contributed by atoms with van der Waals surface area (Å²) in [5.41, 5.74) is 2.99. The minimum absolute atomic E-state index is 0.196. The first-order valence-electron chi connectivity index (χ1n) is 11.4. The van der Waals surface area contributed by atoms with Gasteiger partial charge in [0.25, 0.3) is 5.91 Å². The fourth-order valence-corrected chi connectivity index (χ4v) is 3.52. The third-order valence-electron chi connectivity index (χ3n) is 5.71. The number of hydrogen-bond acceptors (Lipinski definition) is 7. The van der Waals surface area contributed by atoms with Gasteiger partial charge in [0.05, 0.1) is 63.9 Å². The molecule has 0 saturated heterocycles. The van der Waals surface area contributed by atoms with E-state index in [9.17, 15) is 14.3 Å². The Labute approximate surface area is 207 Å². The second kappa shape index (κ2) is 10.1. The maximum absolute atomic E-state index is 14.2. The number of aryl methyl sites for hydroxylation is 1. The van der Waals surface area contributed by atoms with Crippen LogP contribution in [0.15, 0.2) is 55.0 Å². The van der Waals surface area contributed by atoms with Gasteiger partial charge in [-0.2, -0.15) is 10.4 Å². The molecule has 0 fully saturated rings. The molecule has 184 valence electrons. The summed E-state index contributed by atoms with van der Waals surface area (Å²) in [7, 11) is 0. The normalized spacial score (nSPS) is 12.2. The van der Waals surface area contributed by atoms with Gasteiger partial charge in [-0.1, -0.05) is 6.92 Å². The van der Waals surface area contributed by atoms with Crippen LogP contribution in [0.3, 0.4) is 0 Å². The van der Waals surface area contributed by atoms with Crippen LogP contribution in [0.25, 0.3) is 16.9 Å². The van der Waals surface area contributed by atoms with Crippen LogP contribution in [-0.4, -0.2) is 48.9 Å². The Kier molecular flexibility index (Phi) is 6.94. The van der Waals surface area contributed by atoms with E-state index in [0.717, 1.165) is 17.6 Å². The van der Waals surface area contributed by atoms with Crippen molar-refractivity contribution in [3.05, 3.63) is 71.8 Å². The molecule has 0 aliphatic heterocycles. The Balaban J connectivity index is 1.70. The molecule has 4 rings (SSSR count). The number of nitrogens with zero attached hydrogens (tertiary/aromatic N) is 5. The molecule has 0 radical (unpaired) electrons. The van der Waals surface area contributed by atoms with E-state index in [1.165, 1.54) is 26.2 Å². The largest absolute Gasteiger partial charge is 0.387 e. The van der Waals surface area contributed by atoms with Crippen LogP contribution in [-0.2, 0) is 6.42 Å². The van der Waals surface area contributed by atoms with Crippen molar-refractivity contribution in [3.63, 3.8) is 0 Å². The zero-order valence-corrected chi connectivity index (χ0v) is 20.2. The minimum atomic E-state index is -1.65. The zero-order valence-electron chi connectivity index (χ0n) is 20.2. The number of hydrogen-bond donors (Lipinski definition) is 3. The van der Waals surface area contributed by atoms with Crippen molar-refractivity contribution in [2.75, 3.05) is 11.9 Å². The number of alkyl halides is 1. The average Bonchev–Trinajstić information content (AvgIpc) is 3.30. The summed E-state index contributed by atoms with van der Waals surface area (Å²) in [5, 5.41) is 29.0. The average molecular weight is 488 g/mol. The van der Waals surface area contributed by atoms with Crippen molar-refractivity contribution < 1.29 is 14.3 Å². The number of anilines is 2. The number of amides is 1. The van der Waals surface area contributed by atoms with Crippen molar-refractivity contribution in [1.29, 1.82) is 5.26 Å². The summed E-state index contributed by atoms with van der Waals surface area (Å²) >= 11 is 0. The number of carbonyl (C=O) groups excluding carboxylic acids is 1. The SMILES string of the molecule is CCc1ccc(Nc2cc(-c3ccc4cc(C#N)cnn34)ncc2C(=O)NC[C@@H](F)C(C)(C)O)cn1. The molecule has 10 heteroatoms. The number of carbonyl (C=O) groups is 1.